The van der Waals surface area contributed by atoms with E-state index in [2.05, 4.69) is 23.4 Å². The van der Waals surface area contributed by atoms with E-state index in [1.807, 2.05) is 24.3 Å². The van der Waals surface area contributed by atoms with E-state index >= 15 is 0 Å². The SMILES string of the molecule is C=C(C#CC(N)=O)c1nc(N)c2ccc(-c3cccc(CO)c3)cc2c1C(N)=O. The number of hydrogen-bond acceptors (Lipinski definition) is 5. The molecule has 29 heavy (non-hydrogen) atoms. The van der Waals surface area contributed by atoms with Crippen LogP contribution in [0.4, 0.5) is 5.82 Å². The molecule has 2 aromatic carbocycles. The maximum atomic E-state index is 12.3. The van der Waals surface area contributed by atoms with Crippen LogP contribution in [0.2, 0.25) is 0 Å². The standard InChI is InChI=1S/C22H18N4O3/c1-12(5-8-18(23)28)20-19(22(25)29)17-10-15(6-7-16(17)21(24)26-20)14-4-2-3-13(9-14)11-27/h2-4,6-7,9-10,27H,1,11H2,(H2,23,28)(H2,24,26)(H2,25,29). The van der Waals surface area contributed by atoms with E-state index in [0.29, 0.717) is 10.8 Å². The van der Waals surface area contributed by atoms with Crippen LogP contribution in [0.1, 0.15) is 21.6 Å². The van der Waals surface area contributed by atoms with Gasteiger partial charge in [0.05, 0.1) is 17.9 Å². The van der Waals surface area contributed by atoms with Gasteiger partial charge < -0.3 is 22.3 Å². The molecule has 0 unspecified atom stereocenters. The van der Waals surface area contributed by atoms with Crippen LogP contribution in [0.5, 0.6) is 0 Å². The van der Waals surface area contributed by atoms with E-state index in [1.165, 1.54) is 0 Å². The summed E-state index contributed by atoms with van der Waals surface area (Å²) < 4.78 is 0. The number of carbonyl (C=O) groups excluding carboxylic acids is 2. The summed E-state index contributed by atoms with van der Waals surface area (Å²) in [6.07, 6.45) is 0. The zero-order chi connectivity index (χ0) is 21.1. The summed E-state index contributed by atoms with van der Waals surface area (Å²) in [6.45, 7) is 3.67. The van der Waals surface area contributed by atoms with Crippen molar-refractivity contribution in [3.05, 3.63) is 65.9 Å². The number of pyridine rings is 1. The fourth-order valence-corrected chi connectivity index (χ4v) is 3.03. The number of nitrogens with two attached hydrogens (primary N) is 3. The van der Waals surface area contributed by atoms with Crippen molar-refractivity contribution in [1.29, 1.82) is 0 Å². The predicted molar refractivity (Wildman–Crippen MR) is 112 cm³/mol. The molecule has 0 fully saturated rings. The van der Waals surface area contributed by atoms with E-state index < -0.39 is 11.8 Å². The van der Waals surface area contributed by atoms with Crippen molar-refractivity contribution in [1.82, 2.24) is 4.98 Å². The van der Waals surface area contributed by atoms with Crippen LogP contribution in [0.15, 0.2) is 49.0 Å². The van der Waals surface area contributed by atoms with E-state index in [0.717, 1.165) is 16.7 Å². The van der Waals surface area contributed by atoms with Crippen molar-refractivity contribution in [2.24, 2.45) is 11.5 Å². The molecule has 2 amide bonds. The van der Waals surface area contributed by atoms with Gasteiger partial charge in [-0.2, -0.15) is 0 Å². The Balaban J connectivity index is 2.29. The number of amides is 2. The molecule has 0 spiro atoms. The summed E-state index contributed by atoms with van der Waals surface area (Å²) in [7, 11) is 0. The predicted octanol–water partition coefficient (Wildman–Crippen LogP) is 1.58. The smallest absolute Gasteiger partial charge is 0.293 e. The molecule has 7 nitrogen and oxygen atoms in total. The average molecular weight is 386 g/mol. The third-order valence-electron chi connectivity index (χ3n) is 4.35. The van der Waals surface area contributed by atoms with Crippen molar-refractivity contribution >= 4 is 34.0 Å². The second-order valence-corrected chi connectivity index (χ2v) is 6.30. The van der Waals surface area contributed by atoms with Gasteiger partial charge in [-0.25, -0.2) is 4.98 Å². The molecule has 3 aromatic rings. The summed E-state index contributed by atoms with van der Waals surface area (Å²) in [5, 5.41) is 10.4. The van der Waals surface area contributed by atoms with Crippen LogP contribution < -0.4 is 17.2 Å². The number of anilines is 1. The van der Waals surface area contributed by atoms with Crippen LogP contribution in [0.25, 0.3) is 27.5 Å². The molecule has 1 aromatic heterocycles. The van der Waals surface area contributed by atoms with Crippen LogP contribution >= 0.6 is 0 Å². The monoisotopic (exact) mass is 386 g/mol. The number of carbonyl (C=O) groups is 2. The van der Waals surface area contributed by atoms with Gasteiger partial charge in [0, 0.05) is 22.3 Å². The van der Waals surface area contributed by atoms with E-state index in [1.54, 1.807) is 18.2 Å². The first-order valence-electron chi connectivity index (χ1n) is 8.55. The van der Waals surface area contributed by atoms with Gasteiger partial charge in [-0.05, 0) is 28.8 Å². The fourth-order valence-electron chi connectivity index (χ4n) is 3.03. The highest BCUT2D eigenvalue weighted by molar-refractivity contribution is 6.13. The Hall–Kier alpha value is -4.15. The van der Waals surface area contributed by atoms with Gasteiger partial charge in [0.1, 0.15) is 5.82 Å². The quantitative estimate of drug-likeness (QED) is 0.503. The maximum Gasteiger partial charge on any atom is 0.293 e. The molecule has 144 valence electrons. The number of aliphatic hydroxyl groups is 1. The molecule has 0 saturated heterocycles. The molecule has 7 heteroatoms. The van der Waals surface area contributed by atoms with Crippen molar-refractivity contribution in [3.63, 3.8) is 0 Å². The minimum Gasteiger partial charge on any atom is -0.392 e. The second kappa shape index (κ2) is 7.84. The maximum absolute atomic E-state index is 12.3. The fraction of sp³-hybridized carbons (Fsp3) is 0.0455. The lowest BCUT2D eigenvalue weighted by atomic mass is 9.95. The van der Waals surface area contributed by atoms with Gasteiger partial charge in [-0.15, -0.1) is 0 Å². The van der Waals surface area contributed by atoms with Crippen LogP contribution in [-0.2, 0) is 11.4 Å². The van der Waals surface area contributed by atoms with Gasteiger partial charge in [-0.3, -0.25) is 9.59 Å². The Labute approximate surface area is 166 Å². The first-order chi connectivity index (χ1) is 13.8. The Morgan fingerprint density at radius 2 is 1.76 bits per heavy atom. The van der Waals surface area contributed by atoms with Crippen LogP contribution in [0, 0.1) is 11.8 Å². The largest absolute Gasteiger partial charge is 0.392 e. The van der Waals surface area contributed by atoms with Crippen LogP contribution in [-0.4, -0.2) is 21.9 Å². The van der Waals surface area contributed by atoms with Crippen molar-refractivity contribution in [2.75, 3.05) is 5.73 Å². The van der Waals surface area contributed by atoms with Gasteiger partial charge in [0.15, 0.2) is 0 Å². The zero-order valence-corrected chi connectivity index (χ0v) is 15.4. The highest BCUT2D eigenvalue weighted by Gasteiger charge is 2.19. The summed E-state index contributed by atoms with van der Waals surface area (Å²) in [5.41, 5.74) is 19.4. The Morgan fingerprint density at radius 1 is 1.03 bits per heavy atom. The first kappa shape index (κ1) is 19.6. The van der Waals surface area contributed by atoms with Crippen molar-refractivity contribution < 1.29 is 14.7 Å². The second-order valence-electron chi connectivity index (χ2n) is 6.30. The summed E-state index contributed by atoms with van der Waals surface area (Å²) in [6, 6.07) is 12.7. The van der Waals surface area contributed by atoms with E-state index in [9.17, 15) is 14.7 Å². The third-order valence-corrected chi connectivity index (χ3v) is 4.35. The van der Waals surface area contributed by atoms with E-state index in [4.69, 9.17) is 17.2 Å². The molecule has 0 saturated carbocycles. The number of aromatic nitrogens is 1. The number of rotatable bonds is 4. The molecular formula is C22H18N4O3. The molecule has 0 bridgehead atoms. The number of aliphatic hydroxyl groups excluding tert-OH is 1. The highest BCUT2D eigenvalue weighted by Crippen LogP contribution is 2.32. The number of allylic oxidation sites excluding steroid dienone is 1. The molecule has 7 N–H and O–H groups in total. The molecule has 1 heterocycles. The van der Waals surface area contributed by atoms with Crippen LogP contribution in [0.3, 0.4) is 0 Å². The number of primary amides is 2. The minimum absolute atomic E-state index is 0.0900. The van der Waals surface area contributed by atoms with Gasteiger partial charge in [0.2, 0.25) is 0 Å². The Bertz CT molecular complexity index is 1240. The molecule has 0 aliphatic heterocycles. The number of nitrogens with zero attached hydrogens (tertiary/aromatic N) is 1. The molecule has 0 aliphatic rings. The van der Waals surface area contributed by atoms with Crippen molar-refractivity contribution in [2.45, 2.75) is 6.61 Å². The first-order valence-corrected chi connectivity index (χ1v) is 8.55. The van der Waals surface area contributed by atoms with Gasteiger partial charge >= 0.3 is 0 Å². The summed E-state index contributed by atoms with van der Waals surface area (Å²) in [4.78, 5) is 27.4. The Morgan fingerprint density at radius 3 is 2.41 bits per heavy atom. The molecular weight excluding hydrogens is 368 g/mol. The number of nitrogen functional groups attached to an aromatic ring is 1. The molecule has 0 radical (unpaired) electrons. The lowest BCUT2D eigenvalue weighted by molar-refractivity contribution is -0.112. The summed E-state index contributed by atoms with van der Waals surface area (Å²) in [5.74, 6) is 3.22. The third kappa shape index (κ3) is 3.93. The molecule has 0 atom stereocenters. The normalized spacial score (nSPS) is 10.2. The lowest BCUT2D eigenvalue weighted by Gasteiger charge is -2.13. The number of fused-ring (bicyclic) bond motifs is 1. The average Bonchev–Trinajstić information content (AvgIpc) is 2.71. The molecule has 3 rings (SSSR count). The topological polar surface area (TPSA) is 145 Å². The Kier molecular flexibility index (Phi) is 5.30. The lowest BCUT2D eigenvalue weighted by Crippen LogP contribution is -2.16. The zero-order valence-electron chi connectivity index (χ0n) is 15.4. The minimum atomic E-state index is -0.841. The van der Waals surface area contributed by atoms with Gasteiger partial charge in [0.25, 0.3) is 11.8 Å². The number of hydrogen-bond donors (Lipinski definition) is 4. The van der Waals surface area contributed by atoms with Gasteiger partial charge in [-0.1, -0.05) is 42.8 Å². The van der Waals surface area contributed by atoms with E-state index in [-0.39, 0.29) is 29.3 Å². The van der Waals surface area contributed by atoms with Crippen molar-refractivity contribution in [3.8, 4) is 23.0 Å². The highest BCUT2D eigenvalue weighted by atomic mass is 16.3. The number of benzene rings is 2. The molecule has 0 aliphatic carbocycles. The summed E-state index contributed by atoms with van der Waals surface area (Å²) >= 11 is 0.